The number of aromatic nitrogens is 1. The summed E-state index contributed by atoms with van der Waals surface area (Å²) in [7, 11) is 0. The van der Waals surface area contributed by atoms with E-state index in [4.69, 9.17) is 16.7 Å². The fraction of sp³-hybridized carbons (Fsp3) is 0.154. The van der Waals surface area contributed by atoms with Crippen molar-refractivity contribution < 1.29 is 14.3 Å². The van der Waals surface area contributed by atoms with Crippen molar-refractivity contribution in [3.63, 3.8) is 0 Å². The summed E-state index contributed by atoms with van der Waals surface area (Å²) in [5.41, 5.74) is 2.21. The van der Waals surface area contributed by atoms with Crippen LogP contribution in [0.15, 0.2) is 24.3 Å². The van der Waals surface area contributed by atoms with Gasteiger partial charge in [0.15, 0.2) is 0 Å². The number of aromatic carboxylic acids is 1. The molecule has 0 aliphatic heterocycles. The Labute approximate surface area is 108 Å². The van der Waals surface area contributed by atoms with Crippen LogP contribution in [0.3, 0.4) is 0 Å². The van der Waals surface area contributed by atoms with Crippen LogP contribution in [0.5, 0.6) is 0 Å². The van der Waals surface area contributed by atoms with Crippen LogP contribution in [0.1, 0.15) is 21.7 Å². The Morgan fingerprint density at radius 1 is 1.33 bits per heavy atom. The summed E-state index contributed by atoms with van der Waals surface area (Å²) >= 11 is 5.73. The van der Waals surface area contributed by atoms with Crippen molar-refractivity contribution in [3.8, 4) is 5.69 Å². The molecule has 1 aromatic heterocycles. The first-order chi connectivity index (χ1) is 8.41. The molecule has 0 fully saturated rings. The molecule has 2 aromatic rings. The maximum Gasteiger partial charge on any atom is 0.337 e. The molecule has 0 aliphatic rings. The molecule has 94 valence electrons. The zero-order chi connectivity index (χ0) is 13.4. The van der Waals surface area contributed by atoms with Crippen LogP contribution in [0.4, 0.5) is 4.39 Å². The lowest BCUT2D eigenvalue weighted by Gasteiger charge is -2.10. The van der Waals surface area contributed by atoms with Gasteiger partial charge in [0.05, 0.1) is 10.6 Å². The normalized spacial score (nSPS) is 10.7. The minimum atomic E-state index is -0.984. The predicted octanol–water partition coefficient (Wildman–Crippen LogP) is 3.58. The lowest BCUT2D eigenvalue weighted by atomic mass is 10.2. The van der Waals surface area contributed by atoms with Gasteiger partial charge in [0, 0.05) is 17.1 Å². The van der Waals surface area contributed by atoms with Crippen molar-refractivity contribution in [2.24, 2.45) is 0 Å². The molecule has 0 unspecified atom stereocenters. The molecule has 0 saturated carbocycles. The minimum absolute atomic E-state index is 0.0110. The Hall–Kier alpha value is -1.81. The second-order valence-corrected chi connectivity index (χ2v) is 4.43. The number of aryl methyl sites for hydroxylation is 1. The number of hydrogen-bond acceptors (Lipinski definition) is 1. The zero-order valence-corrected chi connectivity index (χ0v) is 10.6. The van der Waals surface area contributed by atoms with E-state index in [-0.39, 0.29) is 10.6 Å². The van der Waals surface area contributed by atoms with Crippen LogP contribution >= 0.6 is 11.6 Å². The Bertz CT molecular complexity index is 634. The number of carboxylic acids is 1. The molecular weight excluding hydrogens is 257 g/mol. The molecule has 2 rings (SSSR count). The number of benzene rings is 1. The highest BCUT2D eigenvalue weighted by Crippen LogP contribution is 2.24. The zero-order valence-electron chi connectivity index (χ0n) is 9.87. The summed E-state index contributed by atoms with van der Waals surface area (Å²) in [4.78, 5) is 11.0. The smallest absolute Gasteiger partial charge is 0.337 e. The molecule has 1 aromatic carbocycles. The molecule has 0 radical (unpaired) electrons. The lowest BCUT2D eigenvalue weighted by molar-refractivity contribution is 0.0696. The highest BCUT2D eigenvalue weighted by Gasteiger charge is 2.16. The van der Waals surface area contributed by atoms with E-state index in [2.05, 4.69) is 0 Å². The number of halogens is 2. The van der Waals surface area contributed by atoms with Crippen molar-refractivity contribution in [2.75, 3.05) is 0 Å². The number of nitrogens with zero attached hydrogens (tertiary/aromatic N) is 1. The topological polar surface area (TPSA) is 42.2 Å². The number of hydrogen-bond donors (Lipinski definition) is 1. The van der Waals surface area contributed by atoms with Crippen LogP contribution in [0.2, 0.25) is 5.02 Å². The average Bonchev–Trinajstić information content (AvgIpc) is 2.59. The maximum absolute atomic E-state index is 13.1. The van der Waals surface area contributed by atoms with Gasteiger partial charge in [-0.05, 0) is 38.1 Å². The summed E-state index contributed by atoms with van der Waals surface area (Å²) in [6, 6.07) is 5.88. The third kappa shape index (κ3) is 1.99. The fourth-order valence-electron chi connectivity index (χ4n) is 2.00. The molecule has 1 heterocycles. The summed E-state index contributed by atoms with van der Waals surface area (Å²) in [6.07, 6.45) is 0. The predicted molar refractivity (Wildman–Crippen MR) is 67.2 cm³/mol. The van der Waals surface area contributed by atoms with E-state index in [1.807, 2.05) is 0 Å². The molecule has 0 spiro atoms. The van der Waals surface area contributed by atoms with Crippen molar-refractivity contribution in [2.45, 2.75) is 13.8 Å². The Kier molecular flexibility index (Phi) is 3.13. The highest BCUT2D eigenvalue weighted by molar-refractivity contribution is 6.30. The van der Waals surface area contributed by atoms with Crippen molar-refractivity contribution in [1.82, 2.24) is 4.57 Å². The van der Waals surface area contributed by atoms with E-state index in [0.29, 0.717) is 11.4 Å². The van der Waals surface area contributed by atoms with Crippen LogP contribution in [0.25, 0.3) is 5.69 Å². The fourth-order valence-corrected chi connectivity index (χ4v) is 2.18. The van der Waals surface area contributed by atoms with Gasteiger partial charge in [-0.2, -0.15) is 0 Å². The van der Waals surface area contributed by atoms with E-state index in [0.717, 1.165) is 5.69 Å². The first-order valence-corrected chi connectivity index (χ1v) is 5.67. The van der Waals surface area contributed by atoms with Crippen molar-refractivity contribution in [1.29, 1.82) is 0 Å². The van der Waals surface area contributed by atoms with E-state index in [9.17, 15) is 9.18 Å². The molecular formula is C13H11ClFNO2. The van der Waals surface area contributed by atoms with Gasteiger partial charge < -0.3 is 9.67 Å². The van der Waals surface area contributed by atoms with Gasteiger partial charge >= 0.3 is 5.97 Å². The van der Waals surface area contributed by atoms with E-state index < -0.39 is 11.8 Å². The quantitative estimate of drug-likeness (QED) is 0.904. The summed E-state index contributed by atoms with van der Waals surface area (Å²) in [5.74, 6) is -1.48. The molecule has 0 saturated heterocycles. The molecule has 0 atom stereocenters. The number of rotatable bonds is 2. The van der Waals surface area contributed by atoms with Crippen LogP contribution < -0.4 is 0 Å². The maximum atomic E-state index is 13.1. The van der Waals surface area contributed by atoms with Crippen LogP contribution in [-0.4, -0.2) is 15.6 Å². The van der Waals surface area contributed by atoms with E-state index in [1.165, 1.54) is 12.1 Å². The van der Waals surface area contributed by atoms with Crippen LogP contribution in [0, 0.1) is 19.7 Å². The molecule has 18 heavy (non-hydrogen) atoms. The molecule has 3 nitrogen and oxygen atoms in total. The van der Waals surface area contributed by atoms with Crippen molar-refractivity contribution >= 4 is 17.6 Å². The summed E-state index contributed by atoms with van der Waals surface area (Å²) < 4.78 is 14.8. The van der Waals surface area contributed by atoms with Gasteiger partial charge in [0.1, 0.15) is 5.82 Å². The standard InChI is InChI=1S/C13H11ClFNO2/c1-7-5-10(13(17)18)8(2)16(7)9-3-4-12(15)11(14)6-9/h3-6H,1-2H3,(H,17,18). The van der Waals surface area contributed by atoms with Gasteiger partial charge in [-0.1, -0.05) is 11.6 Å². The first-order valence-electron chi connectivity index (χ1n) is 5.29. The van der Waals surface area contributed by atoms with Gasteiger partial charge in [0.2, 0.25) is 0 Å². The molecule has 0 amide bonds. The monoisotopic (exact) mass is 267 g/mol. The second kappa shape index (κ2) is 4.46. The van der Waals surface area contributed by atoms with Gasteiger partial charge in [-0.25, -0.2) is 9.18 Å². The van der Waals surface area contributed by atoms with Crippen LogP contribution in [-0.2, 0) is 0 Å². The van der Waals surface area contributed by atoms with E-state index >= 15 is 0 Å². The summed E-state index contributed by atoms with van der Waals surface area (Å²) in [5, 5.41) is 9.06. The van der Waals surface area contributed by atoms with E-state index in [1.54, 1.807) is 30.5 Å². The third-order valence-electron chi connectivity index (χ3n) is 2.82. The third-order valence-corrected chi connectivity index (χ3v) is 3.11. The van der Waals surface area contributed by atoms with Gasteiger partial charge in [-0.15, -0.1) is 0 Å². The van der Waals surface area contributed by atoms with Gasteiger partial charge in [-0.3, -0.25) is 0 Å². The highest BCUT2D eigenvalue weighted by atomic mass is 35.5. The first kappa shape index (κ1) is 12.6. The Balaban J connectivity index is 2.64. The molecule has 1 N–H and O–H groups in total. The van der Waals surface area contributed by atoms with Gasteiger partial charge in [0.25, 0.3) is 0 Å². The minimum Gasteiger partial charge on any atom is -0.478 e. The lowest BCUT2D eigenvalue weighted by Crippen LogP contribution is -2.02. The SMILES string of the molecule is Cc1cc(C(=O)O)c(C)n1-c1ccc(F)c(Cl)c1. The largest absolute Gasteiger partial charge is 0.478 e. The summed E-state index contributed by atoms with van der Waals surface area (Å²) in [6.45, 7) is 3.49. The number of carbonyl (C=O) groups is 1. The number of carboxylic acid groups (broad SMARTS) is 1. The Morgan fingerprint density at radius 2 is 2.00 bits per heavy atom. The molecule has 0 aliphatic carbocycles. The molecule has 5 heteroatoms. The average molecular weight is 268 g/mol. The second-order valence-electron chi connectivity index (χ2n) is 4.02. The molecule has 0 bridgehead atoms. The van der Waals surface area contributed by atoms with Crippen molar-refractivity contribution in [3.05, 3.63) is 52.1 Å². The Morgan fingerprint density at radius 3 is 2.50 bits per heavy atom.